The second-order valence-electron chi connectivity index (χ2n) is 10.9. The Morgan fingerprint density at radius 3 is 2.63 bits per heavy atom. The number of para-hydroxylation sites is 1. The number of amides is 2. The number of nitrogens with zero attached hydrogens (tertiary/aromatic N) is 2. The third-order valence-electron chi connectivity index (χ3n) is 8.68. The van der Waals surface area contributed by atoms with Crippen LogP contribution in [0.15, 0.2) is 48.6 Å². The minimum absolute atomic E-state index is 0.0580. The molecule has 9 heteroatoms. The van der Waals surface area contributed by atoms with Crippen LogP contribution in [0.2, 0.25) is 5.02 Å². The largest absolute Gasteiger partial charge is 0.465 e. The van der Waals surface area contributed by atoms with Gasteiger partial charge in [-0.2, -0.15) is 0 Å². The standard InChI is InChI=1S/C29H35ClN2O5S/c1-4-18(2)21(17-33)32-24-26(35)31(20-12-7-6-11-19(20)30)15-10-14-29(24)22(25(32)34)23-27(36)37-16-9-5-8-13-28(23,3)38-29/h6-8,10-14,18,21-24,33H,4-5,9,15-17H2,1-3H3/b13-8-/t18-,21-,22-,23+,24?,28-,29-/m0/s1. The fourth-order valence-corrected chi connectivity index (χ4v) is 9.01. The number of esters is 1. The maximum atomic E-state index is 14.6. The third kappa shape index (κ3) is 4.11. The Morgan fingerprint density at radius 1 is 1.16 bits per heavy atom. The van der Waals surface area contributed by atoms with Crippen molar-refractivity contribution in [3.8, 4) is 0 Å². The molecule has 0 aromatic heterocycles. The third-order valence-corrected chi connectivity index (χ3v) is 10.8. The van der Waals surface area contributed by atoms with Crippen LogP contribution in [0.3, 0.4) is 0 Å². The van der Waals surface area contributed by atoms with Crippen LogP contribution in [0, 0.1) is 17.8 Å². The zero-order valence-electron chi connectivity index (χ0n) is 22.0. The minimum atomic E-state index is -1.01. The first-order chi connectivity index (χ1) is 18.2. The minimum Gasteiger partial charge on any atom is -0.465 e. The Hall–Kier alpha value is -2.29. The fourth-order valence-electron chi connectivity index (χ4n) is 6.63. The van der Waals surface area contributed by atoms with Gasteiger partial charge in [-0.15, -0.1) is 11.8 Å². The van der Waals surface area contributed by atoms with Gasteiger partial charge in [-0.1, -0.05) is 68.3 Å². The zero-order chi connectivity index (χ0) is 27.2. The maximum Gasteiger partial charge on any atom is 0.311 e. The number of halogens is 1. The van der Waals surface area contributed by atoms with Gasteiger partial charge in [0.05, 0.1) is 46.5 Å². The first-order valence-corrected chi connectivity index (χ1v) is 14.6. The summed E-state index contributed by atoms with van der Waals surface area (Å²) in [6.45, 7) is 6.25. The number of fused-ring (bicyclic) bond motifs is 2. The number of likely N-dealkylation sites (tertiary alicyclic amines) is 1. The van der Waals surface area contributed by atoms with Gasteiger partial charge in [0.2, 0.25) is 5.91 Å². The summed E-state index contributed by atoms with van der Waals surface area (Å²) in [7, 11) is 0. The summed E-state index contributed by atoms with van der Waals surface area (Å²) in [6.07, 6.45) is 10.2. The SMILES string of the molecule is CC[C@H](C)[C@H](CO)N1C(=O)[C@@H]2[C@@H]3C(=O)OCCC/C=C\[C@]3(C)S[C@@]23C=CCN(c2ccccc2Cl)C(=O)C13. The maximum absolute atomic E-state index is 14.6. The first kappa shape index (κ1) is 27.3. The van der Waals surface area contributed by atoms with E-state index in [1.807, 2.05) is 51.1 Å². The first-order valence-electron chi connectivity index (χ1n) is 13.4. The summed E-state index contributed by atoms with van der Waals surface area (Å²) >= 11 is 8.04. The van der Waals surface area contributed by atoms with Gasteiger partial charge in [0.25, 0.3) is 5.91 Å². The van der Waals surface area contributed by atoms with Gasteiger partial charge in [-0.25, -0.2) is 0 Å². The van der Waals surface area contributed by atoms with Gasteiger partial charge in [-0.05, 0) is 37.8 Å². The zero-order valence-corrected chi connectivity index (χ0v) is 23.6. The molecule has 4 heterocycles. The van der Waals surface area contributed by atoms with Crippen molar-refractivity contribution < 1.29 is 24.2 Å². The second kappa shape index (κ2) is 10.4. The Kier molecular flexibility index (Phi) is 7.44. The van der Waals surface area contributed by atoms with Crippen LogP contribution in [0.4, 0.5) is 5.69 Å². The van der Waals surface area contributed by atoms with Crippen molar-refractivity contribution in [3.05, 3.63) is 53.6 Å². The van der Waals surface area contributed by atoms with Crippen LogP contribution >= 0.6 is 23.4 Å². The molecule has 4 aliphatic rings. The van der Waals surface area contributed by atoms with Crippen molar-refractivity contribution in [2.45, 2.75) is 61.6 Å². The molecular formula is C29H35ClN2O5S. The van der Waals surface area contributed by atoms with Gasteiger partial charge in [0.1, 0.15) is 6.04 Å². The predicted octanol–water partition coefficient (Wildman–Crippen LogP) is 4.23. The van der Waals surface area contributed by atoms with Gasteiger partial charge in [0, 0.05) is 11.3 Å². The Bertz CT molecular complexity index is 1190. The molecule has 7 atom stereocenters. The highest BCUT2D eigenvalue weighted by Gasteiger charge is 2.74. The second-order valence-corrected chi connectivity index (χ2v) is 13.1. The van der Waals surface area contributed by atoms with Gasteiger partial charge in [0.15, 0.2) is 0 Å². The average Bonchev–Trinajstić information content (AvgIpc) is 3.24. The van der Waals surface area contributed by atoms with Crippen molar-refractivity contribution in [1.29, 1.82) is 0 Å². The molecule has 38 heavy (non-hydrogen) atoms. The molecular weight excluding hydrogens is 524 g/mol. The van der Waals surface area contributed by atoms with E-state index in [4.69, 9.17) is 16.3 Å². The van der Waals surface area contributed by atoms with E-state index >= 15 is 0 Å². The predicted molar refractivity (Wildman–Crippen MR) is 149 cm³/mol. The topological polar surface area (TPSA) is 87.2 Å². The Morgan fingerprint density at radius 2 is 1.92 bits per heavy atom. The van der Waals surface area contributed by atoms with E-state index in [1.165, 1.54) is 11.8 Å². The lowest BCUT2D eigenvalue weighted by Crippen LogP contribution is -2.58. The molecule has 2 amide bonds. The number of benzene rings is 1. The van der Waals surface area contributed by atoms with Crippen LogP contribution in [-0.2, 0) is 19.1 Å². The number of hydrogen-bond donors (Lipinski definition) is 1. The van der Waals surface area contributed by atoms with E-state index in [1.54, 1.807) is 21.9 Å². The number of aliphatic hydroxyl groups excluding tert-OH is 1. The molecule has 2 fully saturated rings. The van der Waals surface area contributed by atoms with Gasteiger partial charge in [-0.3, -0.25) is 14.4 Å². The van der Waals surface area contributed by atoms with Crippen LogP contribution in [-0.4, -0.2) is 69.1 Å². The number of carbonyl (C=O) groups excluding carboxylic acids is 3. The number of carbonyl (C=O) groups is 3. The average molecular weight is 559 g/mol. The molecule has 0 radical (unpaired) electrons. The molecule has 0 aliphatic carbocycles. The highest BCUT2D eigenvalue weighted by molar-refractivity contribution is 8.02. The van der Waals surface area contributed by atoms with Crippen molar-refractivity contribution in [2.75, 3.05) is 24.7 Å². The van der Waals surface area contributed by atoms with Crippen molar-refractivity contribution in [1.82, 2.24) is 4.90 Å². The molecule has 204 valence electrons. The summed E-state index contributed by atoms with van der Waals surface area (Å²) in [5.41, 5.74) is 0.567. The highest BCUT2D eigenvalue weighted by Crippen LogP contribution is 2.65. The number of anilines is 1. The summed E-state index contributed by atoms with van der Waals surface area (Å²) in [5, 5.41) is 11.0. The lowest BCUT2D eigenvalue weighted by Gasteiger charge is -2.41. The van der Waals surface area contributed by atoms with Crippen LogP contribution < -0.4 is 4.90 Å². The summed E-state index contributed by atoms with van der Waals surface area (Å²) < 4.78 is 3.94. The molecule has 0 bridgehead atoms. The molecule has 1 spiro atoms. The lowest BCUT2D eigenvalue weighted by molar-refractivity contribution is -0.154. The smallest absolute Gasteiger partial charge is 0.311 e. The lowest BCUT2D eigenvalue weighted by atomic mass is 9.74. The van der Waals surface area contributed by atoms with Crippen LogP contribution in [0.25, 0.3) is 0 Å². The van der Waals surface area contributed by atoms with Crippen molar-refractivity contribution >= 4 is 46.8 Å². The van der Waals surface area contributed by atoms with Gasteiger partial charge >= 0.3 is 5.97 Å². The van der Waals surface area contributed by atoms with Crippen LogP contribution in [0.1, 0.15) is 40.0 Å². The highest BCUT2D eigenvalue weighted by atomic mass is 35.5. The Labute approximate surface area is 233 Å². The van der Waals surface area contributed by atoms with E-state index in [-0.39, 0.29) is 30.9 Å². The molecule has 1 aromatic carbocycles. The molecule has 1 aromatic rings. The summed E-state index contributed by atoms with van der Waals surface area (Å²) in [4.78, 5) is 45.9. The number of cyclic esters (lactones) is 1. The van der Waals surface area contributed by atoms with E-state index in [9.17, 15) is 19.5 Å². The van der Waals surface area contributed by atoms with Gasteiger partial charge < -0.3 is 19.6 Å². The monoisotopic (exact) mass is 558 g/mol. The van der Waals surface area contributed by atoms with E-state index < -0.39 is 39.4 Å². The molecule has 0 saturated carbocycles. The fraction of sp³-hybridized carbons (Fsp3) is 0.552. The number of ether oxygens (including phenoxy) is 1. The van der Waals surface area contributed by atoms with Crippen LogP contribution in [0.5, 0.6) is 0 Å². The summed E-state index contributed by atoms with van der Waals surface area (Å²) in [6, 6.07) is 5.68. The molecule has 2 saturated heterocycles. The van der Waals surface area contributed by atoms with Crippen molar-refractivity contribution in [3.63, 3.8) is 0 Å². The number of thioether (sulfide) groups is 1. The van der Waals surface area contributed by atoms with Crippen molar-refractivity contribution in [2.24, 2.45) is 17.8 Å². The number of aliphatic hydroxyl groups is 1. The molecule has 4 aliphatic heterocycles. The quantitative estimate of drug-likeness (QED) is 0.430. The van der Waals surface area contributed by atoms with E-state index in [0.29, 0.717) is 17.3 Å². The van der Waals surface area contributed by atoms with E-state index in [0.717, 1.165) is 19.3 Å². The molecule has 1 unspecified atom stereocenters. The normalized spacial score (nSPS) is 35.3. The van der Waals surface area contributed by atoms with E-state index in [2.05, 4.69) is 6.08 Å². The number of rotatable bonds is 5. The molecule has 1 N–H and O–H groups in total. The number of allylic oxidation sites excluding steroid dienone is 1. The Balaban J connectivity index is 1.70. The summed E-state index contributed by atoms with van der Waals surface area (Å²) in [5.74, 6) is -2.57. The number of hydrogen-bond acceptors (Lipinski definition) is 6. The molecule has 5 rings (SSSR count). The molecule has 7 nitrogen and oxygen atoms in total.